The van der Waals surface area contributed by atoms with Gasteiger partial charge in [-0.1, -0.05) is 0 Å². The zero-order valence-electron chi connectivity index (χ0n) is 7.03. The quantitative estimate of drug-likeness (QED) is 0.716. The van der Waals surface area contributed by atoms with Gasteiger partial charge < -0.3 is 19.6 Å². The van der Waals surface area contributed by atoms with Gasteiger partial charge in [-0.2, -0.15) is 0 Å². The maximum atomic E-state index is 10.8. The second kappa shape index (κ2) is 5.21. The van der Waals surface area contributed by atoms with Crippen LogP contribution in [-0.4, -0.2) is 24.4 Å². The average Bonchev–Trinajstić information content (AvgIpc) is 2.64. The van der Waals surface area contributed by atoms with Crippen LogP contribution in [-0.2, 0) is 11.3 Å². The Morgan fingerprint density at radius 1 is 1.69 bits per heavy atom. The smallest absolute Gasteiger partial charge is 0.407 e. The van der Waals surface area contributed by atoms with Crippen molar-refractivity contribution in [3.8, 4) is 0 Å². The summed E-state index contributed by atoms with van der Waals surface area (Å²) in [6, 6.07) is 3.47. The average molecular weight is 185 g/mol. The van der Waals surface area contributed by atoms with E-state index in [1.165, 1.54) is 6.26 Å². The molecule has 0 atom stereocenters. The summed E-state index contributed by atoms with van der Waals surface area (Å²) >= 11 is 0. The zero-order chi connectivity index (χ0) is 9.52. The Labute approximate surface area is 75.3 Å². The number of amides is 1. The van der Waals surface area contributed by atoms with Crippen molar-refractivity contribution in [2.24, 2.45) is 0 Å². The Balaban J connectivity index is 2.15. The van der Waals surface area contributed by atoms with Gasteiger partial charge >= 0.3 is 6.09 Å². The molecule has 1 aromatic rings. The summed E-state index contributed by atoms with van der Waals surface area (Å²) in [4.78, 5) is 10.8. The predicted octanol–water partition coefficient (Wildman–Crippen LogP) is 0.498. The highest BCUT2D eigenvalue weighted by Gasteiger charge is 2.01. The molecule has 1 aromatic heterocycles. The van der Waals surface area contributed by atoms with Gasteiger partial charge in [0.05, 0.1) is 19.4 Å². The minimum Gasteiger partial charge on any atom is -0.467 e. The third kappa shape index (κ3) is 3.62. The molecule has 0 aromatic carbocycles. The van der Waals surface area contributed by atoms with Crippen LogP contribution in [0.15, 0.2) is 22.8 Å². The third-order valence-corrected chi connectivity index (χ3v) is 1.31. The molecule has 0 aliphatic carbocycles. The Kier molecular flexibility index (Phi) is 3.84. The van der Waals surface area contributed by atoms with E-state index in [2.05, 4.69) is 10.1 Å². The van der Waals surface area contributed by atoms with Crippen LogP contribution in [0.1, 0.15) is 5.76 Å². The number of nitrogens with one attached hydrogen (secondary N) is 1. The molecule has 0 spiro atoms. The second-order valence-electron chi connectivity index (χ2n) is 2.29. The van der Waals surface area contributed by atoms with E-state index in [4.69, 9.17) is 9.52 Å². The Hall–Kier alpha value is -1.49. The van der Waals surface area contributed by atoms with Crippen LogP contribution in [0.2, 0.25) is 0 Å². The summed E-state index contributed by atoms with van der Waals surface area (Å²) in [6.07, 6.45) is 0.959. The summed E-state index contributed by atoms with van der Waals surface area (Å²) in [7, 11) is 0. The standard InChI is InChI=1S/C8H11NO4/c10-3-5-13-8(11)9-6-7-2-1-4-12-7/h1-2,4,10H,3,5-6H2,(H,9,11). The predicted molar refractivity (Wildman–Crippen MR) is 44.0 cm³/mol. The van der Waals surface area contributed by atoms with Gasteiger partial charge in [-0.05, 0) is 12.1 Å². The molecule has 2 N–H and O–H groups in total. The number of rotatable bonds is 4. The van der Waals surface area contributed by atoms with E-state index in [-0.39, 0.29) is 19.8 Å². The van der Waals surface area contributed by atoms with Gasteiger partial charge in [-0.25, -0.2) is 4.79 Å². The van der Waals surface area contributed by atoms with E-state index < -0.39 is 6.09 Å². The van der Waals surface area contributed by atoms with Crippen LogP contribution in [0, 0.1) is 0 Å². The van der Waals surface area contributed by atoms with Crippen molar-refractivity contribution >= 4 is 6.09 Å². The molecule has 0 unspecified atom stereocenters. The van der Waals surface area contributed by atoms with E-state index in [1.807, 2.05) is 0 Å². The summed E-state index contributed by atoms with van der Waals surface area (Å²) in [5.74, 6) is 0.654. The fraction of sp³-hybridized carbons (Fsp3) is 0.375. The first-order chi connectivity index (χ1) is 6.33. The number of carbonyl (C=O) groups is 1. The highest BCUT2D eigenvalue weighted by Crippen LogP contribution is 1.98. The molecule has 0 radical (unpaired) electrons. The van der Waals surface area contributed by atoms with Gasteiger partial charge in [0.25, 0.3) is 0 Å². The lowest BCUT2D eigenvalue weighted by atomic mass is 10.4. The topological polar surface area (TPSA) is 71.7 Å². The van der Waals surface area contributed by atoms with Gasteiger partial charge in [-0.3, -0.25) is 0 Å². The normalized spacial score (nSPS) is 9.62. The summed E-state index contributed by atoms with van der Waals surface area (Å²) in [5.41, 5.74) is 0. The molecule has 13 heavy (non-hydrogen) atoms. The number of carbonyl (C=O) groups excluding carboxylic acids is 1. The molecule has 5 nitrogen and oxygen atoms in total. The number of hydrogen-bond donors (Lipinski definition) is 2. The molecule has 1 heterocycles. The fourth-order valence-corrected chi connectivity index (χ4v) is 0.762. The molecule has 0 saturated heterocycles. The molecule has 72 valence electrons. The van der Waals surface area contributed by atoms with E-state index in [0.717, 1.165) is 0 Å². The fourth-order valence-electron chi connectivity index (χ4n) is 0.762. The van der Waals surface area contributed by atoms with Crippen LogP contribution in [0.3, 0.4) is 0 Å². The van der Waals surface area contributed by atoms with Crippen molar-refractivity contribution < 1.29 is 19.1 Å². The molecule has 0 fully saturated rings. The summed E-state index contributed by atoms with van der Waals surface area (Å²) in [6.45, 7) is 0.120. The number of aliphatic hydroxyl groups is 1. The number of ether oxygens (including phenoxy) is 1. The SMILES string of the molecule is O=C(NCc1ccco1)OCCO. The summed E-state index contributed by atoms with van der Waals surface area (Å²) in [5, 5.41) is 10.8. The number of hydrogen-bond acceptors (Lipinski definition) is 4. The van der Waals surface area contributed by atoms with Crippen LogP contribution in [0.5, 0.6) is 0 Å². The van der Waals surface area contributed by atoms with Crippen molar-refractivity contribution in [2.45, 2.75) is 6.54 Å². The van der Waals surface area contributed by atoms with Crippen LogP contribution in [0.4, 0.5) is 4.79 Å². The minimum atomic E-state index is -0.564. The number of furan rings is 1. The largest absolute Gasteiger partial charge is 0.467 e. The van der Waals surface area contributed by atoms with Crippen molar-refractivity contribution in [3.05, 3.63) is 24.2 Å². The summed E-state index contributed by atoms with van der Waals surface area (Å²) < 4.78 is 9.52. The van der Waals surface area contributed by atoms with E-state index in [0.29, 0.717) is 5.76 Å². The van der Waals surface area contributed by atoms with E-state index in [9.17, 15) is 4.79 Å². The number of aliphatic hydroxyl groups excluding tert-OH is 1. The Morgan fingerprint density at radius 3 is 3.15 bits per heavy atom. The van der Waals surface area contributed by atoms with Gasteiger partial charge in [-0.15, -0.1) is 0 Å². The molecule has 5 heteroatoms. The van der Waals surface area contributed by atoms with Gasteiger partial charge in [0.2, 0.25) is 0 Å². The first kappa shape index (κ1) is 9.60. The monoisotopic (exact) mass is 185 g/mol. The van der Waals surface area contributed by atoms with Crippen LogP contribution in [0.25, 0.3) is 0 Å². The second-order valence-corrected chi connectivity index (χ2v) is 2.29. The first-order valence-electron chi connectivity index (χ1n) is 3.87. The Bertz CT molecular complexity index is 245. The highest BCUT2D eigenvalue weighted by molar-refractivity contribution is 5.66. The lowest BCUT2D eigenvalue weighted by Crippen LogP contribution is -2.24. The van der Waals surface area contributed by atoms with Crippen molar-refractivity contribution in [2.75, 3.05) is 13.2 Å². The Morgan fingerprint density at radius 2 is 2.54 bits per heavy atom. The van der Waals surface area contributed by atoms with Gasteiger partial charge in [0.15, 0.2) is 0 Å². The molecule has 1 amide bonds. The maximum absolute atomic E-state index is 10.8. The van der Waals surface area contributed by atoms with Crippen molar-refractivity contribution in [1.29, 1.82) is 0 Å². The van der Waals surface area contributed by atoms with Crippen molar-refractivity contribution in [3.63, 3.8) is 0 Å². The maximum Gasteiger partial charge on any atom is 0.407 e. The van der Waals surface area contributed by atoms with Gasteiger partial charge in [0.1, 0.15) is 12.4 Å². The molecular formula is C8H11NO4. The van der Waals surface area contributed by atoms with Crippen molar-refractivity contribution in [1.82, 2.24) is 5.32 Å². The molecule has 1 rings (SSSR count). The molecule has 0 aliphatic heterocycles. The van der Waals surface area contributed by atoms with Crippen LogP contribution < -0.4 is 5.32 Å². The molecule has 0 bridgehead atoms. The van der Waals surface area contributed by atoms with E-state index >= 15 is 0 Å². The zero-order valence-corrected chi connectivity index (χ0v) is 7.03. The van der Waals surface area contributed by atoms with E-state index in [1.54, 1.807) is 12.1 Å². The van der Waals surface area contributed by atoms with Gasteiger partial charge in [0, 0.05) is 0 Å². The molecular weight excluding hydrogens is 174 g/mol. The first-order valence-corrected chi connectivity index (χ1v) is 3.87. The lowest BCUT2D eigenvalue weighted by Gasteiger charge is -2.03. The third-order valence-electron chi connectivity index (χ3n) is 1.31. The van der Waals surface area contributed by atoms with Crippen LogP contribution >= 0.6 is 0 Å². The molecule has 0 aliphatic rings. The highest BCUT2D eigenvalue weighted by atomic mass is 16.6. The molecule has 0 saturated carbocycles. The minimum absolute atomic E-state index is 0.00396. The number of alkyl carbamates (subject to hydrolysis) is 1. The lowest BCUT2D eigenvalue weighted by molar-refractivity contribution is 0.118.